The highest BCUT2D eigenvalue weighted by Gasteiger charge is 2.27. The SMILES string of the molecule is CCOC(=O)c1cccc(NS(=O)(=O)c2ccc3c(c2)N(C(C)=O)C[C@H](C)S3)c1. The van der Waals surface area contributed by atoms with Gasteiger partial charge in [-0.05, 0) is 43.3 Å². The van der Waals surface area contributed by atoms with Crippen LogP contribution in [-0.4, -0.2) is 38.7 Å². The highest BCUT2D eigenvalue weighted by molar-refractivity contribution is 8.00. The standard InChI is InChI=1S/C20H22N2O5S2/c1-4-27-20(24)15-6-5-7-16(10-15)21-29(25,26)17-8-9-19-18(11-17)22(14(3)23)12-13(2)28-19/h5-11,13,21H,4,12H2,1-3H3/t13-/m0/s1. The number of anilines is 2. The molecule has 29 heavy (non-hydrogen) atoms. The fraction of sp³-hybridized carbons (Fsp3) is 0.300. The Labute approximate surface area is 174 Å². The third kappa shape index (κ3) is 4.73. The number of carbonyl (C=O) groups is 2. The van der Waals surface area contributed by atoms with Crippen LogP contribution in [0.25, 0.3) is 0 Å². The quantitative estimate of drug-likeness (QED) is 0.724. The summed E-state index contributed by atoms with van der Waals surface area (Å²) in [6, 6.07) is 10.8. The lowest BCUT2D eigenvalue weighted by atomic mass is 10.2. The van der Waals surface area contributed by atoms with Crippen LogP contribution in [-0.2, 0) is 19.6 Å². The molecular formula is C20H22N2O5S2. The van der Waals surface area contributed by atoms with Gasteiger partial charge in [-0.2, -0.15) is 0 Å². The van der Waals surface area contributed by atoms with Crippen molar-refractivity contribution >= 4 is 45.0 Å². The summed E-state index contributed by atoms with van der Waals surface area (Å²) in [4.78, 5) is 26.4. The zero-order chi connectivity index (χ0) is 21.2. The molecule has 1 atom stereocenters. The maximum absolute atomic E-state index is 12.9. The van der Waals surface area contributed by atoms with E-state index in [-0.39, 0.29) is 33.9 Å². The molecule has 7 nitrogen and oxygen atoms in total. The van der Waals surface area contributed by atoms with E-state index in [1.54, 1.807) is 47.9 Å². The van der Waals surface area contributed by atoms with Gasteiger partial charge >= 0.3 is 5.97 Å². The van der Waals surface area contributed by atoms with E-state index in [2.05, 4.69) is 4.72 Å². The van der Waals surface area contributed by atoms with Crippen molar-refractivity contribution in [2.75, 3.05) is 22.8 Å². The number of benzene rings is 2. The second kappa shape index (κ2) is 8.46. The van der Waals surface area contributed by atoms with E-state index in [9.17, 15) is 18.0 Å². The van der Waals surface area contributed by atoms with E-state index < -0.39 is 16.0 Å². The van der Waals surface area contributed by atoms with Crippen molar-refractivity contribution in [1.29, 1.82) is 0 Å². The summed E-state index contributed by atoms with van der Waals surface area (Å²) in [5.41, 5.74) is 1.09. The fourth-order valence-corrected chi connectivity index (χ4v) is 5.18. The second-order valence-corrected chi connectivity index (χ2v) is 9.76. The molecule has 3 rings (SSSR count). The Morgan fingerprint density at radius 2 is 2.00 bits per heavy atom. The Balaban J connectivity index is 1.91. The largest absolute Gasteiger partial charge is 0.462 e. The summed E-state index contributed by atoms with van der Waals surface area (Å²) in [7, 11) is -3.91. The smallest absolute Gasteiger partial charge is 0.338 e. The Morgan fingerprint density at radius 1 is 1.24 bits per heavy atom. The van der Waals surface area contributed by atoms with Crippen LogP contribution in [0.15, 0.2) is 52.3 Å². The predicted octanol–water partition coefficient (Wildman–Crippen LogP) is 3.51. The van der Waals surface area contributed by atoms with Crippen LogP contribution in [0.2, 0.25) is 0 Å². The maximum Gasteiger partial charge on any atom is 0.338 e. The Bertz CT molecular complexity index is 1050. The lowest BCUT2D eigenvalue weighted by molar-refractivity contribution is -0.116. The number of carbonyl (C=O) groups excluding carboxylic acids is 2. The third-order valence-electron chi connectivity index (χ3n) is 4.31. The molecule has 0 saturated heterocycles. The first-order valence-electron chi connectivity index (χ1n) is 9.10. The molecule has 0 bridgehead atoms. The monoisotopic (exact) mass is 434 g/mol. The Hall–Kier alpha value is -2.52. The molecule has 154 valence electrons. The van der Waals surface area contributed by atoms with E-state index in [4.69, 9.17) is 4.74 Å². The maximum atomic E-state index is 12.9. The van der Waals surface area contributed by atoms with Gasteiger partial charge in [0.1, 0.15) is 0 Å². The van der Waals surface area contributed by atoms with E-state index in [1.165, 1.54) is 25.1 Å². The lowest BCUT2D eigenvalue weighted by Gasteiger charge is -2.32. The Kier molecular flexibility index (Phi) is 6.18. The molecule has 1 aliphatic heterocycles. The number of thioether (sulfide) groups is 1. The van der Waals surface area contributed by atoms with Crippen molar-refractivity contribution in [3.05, 3.63) is 48.0 Å². The van der Waals surface area contributed by atoms with Crippen LogP contribution in [0.3, 0.4) is 0 Å². The summed E-state index contributed by atoms with van der Waals surface area (Å²) in [5.74, 6) is -0.659. The van der Waals surface area contributed by atoms with Gasteiger partial charge in [-0.1, -0.05) is 13.0 Å². The van der Waals surface area contributed by atoms with Crippen molar-refractivity contribution in [2.45, 2.75) is 35.8 Å². The van der Waals surface area contributed by atoms with Gasteiger partial charge in [0.25, 0.3) is 10.0 Å². The molecule has 0 fully saturated rings. The van der Waals surface area contributed by atoms with Crippen molar-refractivity contribution in [2.24, 2.45) is 0 Å². The average molecular weight is 435 g/mol. The zero-order valence-electron chi connectivity index (χ0n) is 16.3. The summed E-state index contributed by atoms with van der Waals surface area (Å²) in [6.07, 6.45) is 0. The van der Waals surface area contributed by atoms with Gasteiger partial charge in [0.2, 0.25) is 5.91 Å². The number of hydrogen-bond acceptors (Lipinski definition) is 6. The van der Waals surface area contributed by atoms with Crippen molar-refractivity contribution in [3.63, 3.8) is 0 Å². The number of esters is 1. The summed E-state index contributed by atoms with van der Waals surface area (Å²) < 4.78 is 33.2. The highest BCUT2D eigenvalue weighted by atomic mass is 32.2. The van der Waals surface area contributed by atoms with Gasteiger partial charge in [0.15, 0.2) is 0 Å². The third-order valence-corrected chi connectivity index (χ3v) is 6.83. The van der Waals surface area contributed by atoms with Gasteiger partial charge < -0.3 is 9.64 Å². The summed E-state index contributed by atoms with van der Waals surface area (Å²) >= 11 is 1.61. The predicted molar refractivity (Wildman–Crippen MR) is 113 cm³/mol. The second-order valence-electron chi connectivity index (χ2n) is 6.59. The molecule has 0 spiro atoms. The minimum atomic E-state index is -3.91. The van der Waals surface area contributed by atoms with Crippen LogP contribution >= 0.6 is 11.8 Å². The molecular weight excluding hydrogens is 412 g/mol. The highest BCUT2D eigenvalue weighted by Crippen LogP contribution is 2.39. The molecule has 0 unspecified atom stereocenters. The number of fused-ring (bicyclic) bond motifs is 1. The first-order chi connectivity index (χ1) is 13.7. The van der Waals surface area contributed by atoms with Gasteiger partial charge in [-0.25, -0.2) is 13.2 Å². The van der Waals surface area contributed by atoms with E-state index in [0.717, 1.165) is 4.90 Å². The van der Waals surface area contributed by atoms with E-state index >= 15 is 0 Å². The molecule has 1 aliphatic rings. The number of hydrogen-bond donors (Lipinski definition) is 1. The normalized spacial score (nSPS) is 16.1. The van der Waals surface area contributed by atoms with Gasteiger partial charge in [0, 0.05) is 29.3 Å². The molecule has 2 aromatic carbocycles. The van der Waals surface area contributed by atoms with Crippen molar-refractivity contribution in [3.8, 4) is 0 Å². The molecule has 1 amide bonds. The van der Waals surface area contributed by atoms with E-state index in [0.29, 0.717) is 12.2 Å². The van der Waals surface area contributed by atoms with Crippen LogP contribution in [0.5, 0.6) is 0 Å². The number of ether oxygens (including phenoxy) is 1. The Morgan fingerprint density at radius 3 is 2.69 bits per heavy atom. The minimum Gasteiger partial charge on any atom is -0.462 e. The molecule has 9 heteroatoms. The van der Waals surface area contributed by atoms with Gasteiger partial charge in [0.05, 0.1) is 22.8 Å². The van der Waals surface area contributed by atoms with Crippen molar-refractivity contribution in [1.82, 2.24) is 0 Å². The molecule has 0 radical (unpaired) electrons. The van der Waals surface area contributed by atoms with Crippen LogP contribution < -0.4 is 9.62 Å². The average Bonchev–Trinajstić information content (AvgIpc) is 2.66. The molecule has 2 aromatic rings. The number of sulfonamides is 1. The molecule has 0 aromatic heterocycles. The number of nitrogens with zero attached hydrogens (tertiary/aromatic N) is 1. The van der Waals surface area contributed by atoms with Crippen LogP contribution in [0, 0.1) is 0 Å². The van der Waals surface area contributed by atoms with Crippen LogP contribution in [0.4, 0.5) is 11.4 Å². The first-order valence-corrected chi connectivity index (χ1v) is 11.5. The van der Waals surface area contributed by atoms with Gasteiger partial charge in [-0.3, -0.25) is 9.52 Å². The van der Waals surface area contributed by atoms with Crippen LogP contribution in [0.1, 0.15) is 31.1 Å². The number of rotatable bonds is 5. The fourth-order valence-electron chi connectivity index (χ4n) is 3.02. The first kappa shape index (κ1) is 21.2. The molecule has 0 saturated carbocycles. The van der Waals surface area contributed by atoms with E-state index in [1.807, 2.05) is 6.92 Å². The summed E-state index contributed by atoms with van der Waals surface area (Å²) in [6.45, 7) is 5.93. The molecule has 1 heterocycles. The lowest BCUT2D eigenvalue weighted by Crippen LogP contribution is -2.37. The van der Waals surface area contributed by atoms with Crippen molar-refractivity contribution < 1.29 is 22.7 Å². The van der Waals surface area contributed by atoms with Gasteiger partial charge in [-0.15, -0.1) is 11.8 Å². The number of amides is 1. The topological polar surface area (TPSA) is 92.8 Å². The zero-order valence-corrected chi connectivity index (χ0v) is 18.0. The minimum absolute atomic E-state index is 0.0409. The number of nitrogens with one attached hydrogen (secondary N) is 1. The molecule has 0 aliphatic carbocycles. The molecule has 1 N–H and O–H groups in total. The summed E-state index contributed by atoms with van der Waals surface area (Å²) in [5, 5.41) is 0.220.